The number of nitrogens with one attached hydrogen (secondary N) is 1. The molecule has 3 atom stereocenters. The number of aromatic nitrogens is 1. The lowest BCUT2D eigenvalue weighted by Crippen LogP contribution is -2.49. The highest BCUT2D eigenvalue weighted by Crippen LogP contribution is 2.33. The van der Waals surface area contributed by atoms with Crippen molar-refractivity contribution >= 4 is 17.5 Å². The van der Waals surface area contributed by atoms with Crippen molar-refractivity contribution in [1.29, 1.82) is 0 Å². The smallest absolute Gasteiger partial charge is 0.258 e. The van der Waals surface area contributed by atoms with Crippen molar-refractivity contribution in [3.05, 3.63) is 77.6 Å². The number of anilines is 1. The van der Waals surface area contributed by atoms with Gasteiger partial charge in [0.2, 0.25) is 6.79 Å². The van der Waals surface area contributed by atoms with Crippen LogP contribution in [0.25, 0.3) is 0 Å². The number of aliphatic hydroxyl groups excluding tert-OH is 1. The Labute approximate surface area is 233 Å². The first-order valence-electron chi connectivity index (χ1n) is 13.3. The molecule has 2 amide bonds. The van der Waals surface area contributed by atoms with Gasteiger partial charge in [0.05, 0.1) is 18.2 Å². The summed E-state index contributed by atoms with van der Waals surface area (Å²) in [4.78, 5) is 34.2. The van der Waals surface area contributed by atoms with Crippen LogP contribution >= 0.6 is 0 Å². The maximum Gasteiger partial charge on any atom is 0.258 e. The Morgan fingerprint density at radius 1 is 1.12 bits per heavy atom. The molecule has 2 N–H and O–H groups in total. The van der Waals surface area contributed by atoms with Crippen molar-refractivity contribution in [3.8, 4) is 17.2 Å². The standard InChI is InChI=1S/C30H34N4O6/c1-19-14-34(20(2)17-35)30(37)24-13-23(32-29(36)22-8-10-31-11-9-22)5-7-25(24)40-28(19)16-33(3)15-21-4-6-26-27(12-21)39-18-38-26/h4-13,19-20,28,35H,14-18H2,1-3H3,(H,32,36)/t19-,20+,28+/m0/s1. The summed E-state index contributed by atoms with van der Waals surface area (Å²) in [7, 11) is 2.03. The zero-order valence-corrected chi connectivity index (χ0v) is 22.9. The molecule has 0 fully saturated rings. The summed E-state index contributed by atoms with van der Waals surface area (Å²) in [5.41, 5.74) is 2.35. The molecule has 2 aliphatic heterocycles. The van der Waals surface area contributed by atoms with E-state index in [1.54, 1.807) is 47.6 Å². The van der Waals surface area contributed by atoms with Crippen molar-refractivity contribution in [2.45, 2.75) is 32.5 Å². The Balaban J connectivity index is 1.37. The normalized spacial score (nSPS) is 18.9. The van der Waals surface area contributed by atoms with E-state index in [0.717, 1.165) is 17.1 Å². The summed E-state index contributed by atoms with van der Waals surface area (Å²) in [5.74, 6) is 1.36. The maximum absolute atomic E-state index is 13.7. The zero-order chi connectivity index (χ0) is 28.2. The van der Waals surface area contributed by atoms with Crippen LogP contribution in [0.3, 0.4) is 0 Å². The average Bonchev–Trinajstić information content (AvgIpc) is 3.43. The van der Waals surface area contributed by atoms with Crippen LogP contribution in [0.15, 0.2) is 60.9 Å². The highest BCUT2D eigenvalue weighted by Gasteiger charge is 2.33. The van der Waals surface area contributed by atoms with Gasteiger partial charge < -0.3 is 29.5 Å². The molecule has 0 bridgehead atoms. The van der Waals surface area contributed by atoms with E-state index >= 15 is 0 Å². The van der Waals surface area contributed by atoms with Crippen molar-refractivity contribution in [1.82, 2.24) is 14.8 Å². The number of nitrogens with zero attached hydrogens (tertiary/aromatic N) is 3. The molecule has 0 aliphatic carbocycles. The van der Waals surface area contributed by atoms with E-state index in [0.29, 0.717) is 42.2 Å². The molecule has 1 aromatic heterocycles. The second-order valence-electron chi connectivity index (χ2n) is 10.4. The number of carbonyl (C=O) groups excluding carboxylic acids is 2. The molecule has 0 radical (unpaired) electrons. The van der Waals surface area contributed by atoms with E-state index in [9.17, 15) is 14.7 Å². The van der Waals surface area contributed by atoms with Gasteiger partial charge in [-0.05, 0) is 62.0 Å². The zero-order valence-electron chi connectivity index (χ0n) is 22.9. The number of fused-ring (bicyclic) bond motifs is 2. The number of benzene rings is 2. The van der Waals surface area contributed by atoms with Crippen molar-refractivity contribution in [2.75, 3.05) is 38.9 Å². The molecule has 3 heterocycles. The van der Waals surface area contributed by atoms with E-state index in [1.807, 2.05) is 32.2 Å². The van der Waals surface area contributed by atoms with Crippen molar-refractivity contribution in [3.63, 3.8) is 0 Å². The van der Waals surface area contributed by atoms with Crippen molar-refractivity contribution < 1.29 is 28.9 Å². The molecule has 10 nitrogen and oxygen atoms in total. The average molecular weight is 547 g/mol. The fraction of sp³-hybridized carbons (Fsp3) is 0.367. The third-order valence-corrected chi connectivity index (χ3v) is 7.25. The van der Waals surface area contributed by atoms with E-state index < -0.39 is 0 Å². The van der Waals surface area contributed by atoms with Gasteiger partial charge in [-0.2, -0.15) is 0 Å². The van der Waals surface area contributed by atoms with Gasteiger partial charge >= 0.3 is 0 Å². The minimum atomic E-state index is -0.386. The first kappa shape index (κ1) is 27.4. The SMILES string of the molecule is C[C@H](CO)N1C[C@H](C)[C@@H](CN(C)Cc2ccc3c(c2)OCO3)Oc2ccc(NC(=O)c3ccncc3)cc2C1=O. The van der Waals surface area contributed by atoms with Crippen LogP contribution < -0.4 is 19.5 Å². The van der Waals surface area contributed by atoms with E-state index in [-0.39, 0.29) is 43.3 Å². The van der Waals surface area contributed by atoms with Crippen LogP contribution in [0.4, 0.5) is 5.69 Å². The number of likely N-dealkylation sites (N-methyl/N-ethyl adjacent to an activating group) is 1. The van der Waals surface area contributed by atoms with Gasteiger partial charge in [-0.1, -0.05) is 13.0 Å². The molecule has 10 heteroatoms. The third-order valence-electron chi connectivity index (χ3n) is 7.25. The Morgan fingerprint density at radius 2 is 1.88 bits per heavy atom. The van der Waals surface area contributed by atoms with Crippen LogP contribution in [0.2, 0.25) is 0 Å². The Hall–Kier alpha value is -4.15. The van der Waals surface area contributed by atoms with Crippen LogP contribution in [0, 0.1) is 5.92 Å². The highest BCUT2D eigenvalue weighted by atomic mass is 16.7. The number of hydrogen-bond donors (Lipinski definition) is 2. The van der Waals surface area contributed by atoms with E-state index in [1.165, 1.54) is 0 Å². The number of aliphatic hydroxyl groups is 1. The summed E-state index contributed by atoms with van der Waals surface area (Å²) in [5, 5.41) is 12.8. The van der Waals surface area contributed by atoms with Crippen LogP contribution in [0.1, 0.15) is 40.1 Å². The van der Waals surface area contributed by atoms with Gasteiger partial charge in [0, 0.05) is 49.2 Å². The molecule has 2 aromatic carbocycles. The summed E-state index contributed by atoms with van der Waals surface area (Å²) >= 11 is 0. The Morgan fingerprint density at radius 3 is 2.65 bits per heavy atom. The number of hydrogen-bond acceptors (Lipinski definition) is 8. The van der Waals surface area contributed by atoms with Crippen LogP contribution in [-0.2, 0) is 6.54 Å². The minimum absolute atomic E-state index is 0.0172. The van der Waals surface area contributed by atoms with Gasteiger partial charge in [0.15, 0.2) is 11.5 Å². The predicted molar refractivity (Wildman–Crippen MR) is 149 cm³/mol. The third kappa shape index (κ3) is 6.03. The molecule has 0 unspecified atom stereocenters. The number of pyridine rings is 1. The summed E-state index contributed by atoms with van der Waals surface area (Å²) in [6, 6.07) is 13.9. The van der Waals surface area contributed by atoms with Gasteiger partial charge in [0.1, 0.15) is 11.9 Å². The van der Waals surface area contributed by atoms with Gasteiger partial charge in [-0.25, -0.2) is 0 Å². The number of rotatable bonds is 8. The molecule has 2 aliphatic rings. The maximum atomic E-state index is 13.7. The van der Waals surface area contributed by atoms with Gasteiger partial charge in [-0.3, -0.25) is 19.5 Å². The topological polar surface area (TPSA) is 113 Å². The lowest BCUT2D eigenvalue weighted by Gasteiger charge is -2.38. The minimum Gasteiger partial charge on any atom is -0.488 e. The lowest BCUT2D eigenvalue weighted by atomic mass is 9.99. The largest absolute Gasteiger partial charge is 0.488 e. The van der Waals surface area contributed by atoms with Crippen molar-refractivity contribution in [2.24, 2.45) is 5.92 Å². The first-order valence-corrected chi connectivity index (χ1v) is 13.3. The summed E-state index contributed by atoms with van der Waals surface area (Å²) in [6.45, 7) is 5.63. The first-order chi connectivity index (χ1) is 19.3. The second-order valence-corrected chi connectivity index (χ2v) is 10.4. The molecule has 40 heavy (non-hydrogen) atoms. The molecule has 5 rings (SSSR count). The fourth-order valence-corrected chi connectivity index (χ4v) is 4.95. The quantitative estimate of drug-likeness (QED) is 0.442. The Bertz CT molecular complexity index is 1370. The molecule has 3 aromatic rings. The Kier molecular flexibility index (Phi) is 8.18. The number of amides is 2. The second kappa shape index (κ2) is 11.9. The monoisotopic (exact) mass is 546 g/mol. The summed E-state index contributed by atoms with van der Waals surface area (Å²) in [6.07, 6.45) is 2.86. The molecule has 0 spiro atoms. The van der Waals surface area contributed by atoms with E-state index in [2.05, 4.69) is 22.1 Å². The molecule has 0 saturated heterocycles. The molecule has 210 valence electrons. The number of carbonyl (C=O) groups is 2. The molecule has 0 saturated carbocycles. The number of ether oxygens (including phenoxy) is 3. The molecular weight excluding hydrogens is 512 g/mol. The van der Waals surface area contributed by atoms with Crippen LogP contribution in [-0.4, -0.2) is 77.4 Å². The van der Waals surface area contributed by atoms with Crippen LogP contribution in [0.5, 0.6) is 17.2 Å². The predicted octanol–water partition coefficient (Wildman–Crippen LogP) is 3.41. The van der Waals surface area contributed by atoms with Gasteiger partial charge in [0.25, 0.3) is 11.8 Å². The summed E-state index contributed by atoms with van der Waals surface area (Å²) < 4.78 is 17.4. The fourth-order valence-electron chi connectivity index (χ4n) is 4.95. The lowest BCUT2D eigenvalue weighted by molar-refractivity contribution is 0.0341. The molecular formula is C30H34N4O6. The van der Waals surface area contributed by atoms with Gasteiger partial charge in [-0.15, -0.1) is 0 Å². The highest BCUT2D eigenvalue weighted by molar-refractivity contribution is 6.05. The van der Waals surface area contributed by atoms with E-state index in [4.69, 9.17) is 14.2 Å².